The maximum absolute atomic E-state index is 13.5. The first-order valence-electron chi connectivity index (χ1n) is 12.3. The number of carboxylic acids is 1. The van der Waals surface area contributed by atoms with E-state index in [0.717, 1.165) is 5.56 Å². The summed E-state index contributed by atoms with van der Waals surface area (Å²) in [7, 11) is 0. The molecule has 0 bridgehead atoms. The Kier molecular flexibility index (Phi) is 10.5. The summed E-state index contributed by atoms with van der Waals surface area (Å²) in [5, 5.41) is 16.9. The van der Waals surface area contributed by atoms with E-state index >= 15 is 0 Å². The molecule has 1 aromatic carbocycles. The number of benzene rings is 1. The molecule has 0 fully saturated rings. The number of carbonyl (C=O) groups excluding carboxylic acids is 4. The number of aromatic nitrogens is 4. The molecule has 15 nitrogen and oxygen atoms in total. The highest BCUT2D eigenvalue weighted by molar-refractivity contribution is 5.95. The van der Waals surface area contributed by atoms with Crippen LogP contribution in [0.15, 0.2) is 55.4 Å². The molecule has 4 atom stereocenters. The molecule has 15 heteroatoms. The molecule has 0 aliphatic carbocycles. The van der Waals surface area contributed by atoms with Crippen molar-refractivity contribution in [3.63, 3.8) is 0 Å². The highest BCUT2D eigenvalue weighted by atomic mass is 16.4. The minimum Gasteiger partial charge on any atom is -0.480 e. The fourth-order valence-corrected chi connectivity index (χ4v) is 3.84. The second-order valence-electron chi connectivity index (χ2n) is 9.05. The van der Waals surface area contributed by atoms with E-state index in [4.69, 9.17) is 11.5 Å². The molecule has 40 heavy (non-hydrogen) atoms. The van der Waals surface area contributed by atoms with Gasteiger partial charge < -0.3 is 42.5 Å². The van der Waals surface area contributed by atoms with Gasteiger partial charge in [-0.25, -0.2) is 14.8 Å². The fourth-order valence-electron chi connectivity index (χ4n) is 3.84. The van der Waals surface area contributed by atoms with E-state index in [9.17, 15) is 29.1 Å². The Balaban J connectivity index is 1.79. The van der Waals surface area contributed by atoms with Crippen molar-refractivity contribution in [1.29, 1.82) is 0 Å². The van der Waals surface area contributed by atoms with Crippen LogP contribution in [0.4, 0.5) is 0 Å². The predicted octanol–water partition coefficient (Wildman–Crippen LogP) is -2.10. The van der Waals surface area contributed by atoms with Gasteiger partial charge in [-0.3, -0.25) is 19.2 Å². The second kappa shape index (κ2) is 14.2. The average Bonchev–Trinajstić information content (AvgIpc) is 3.62. The molecule has 0 saturated carbocycles. The quantitative estimate of drug-likeness (QED) is 0.102. The Morgan fingerprint density at radius 3 is 1.82 bits per heavy atom. The van der Waals surface area contributed by atoms with Crippen LogP contribution in [0.25, 0.3) is 0 Å². The molecule has 212 valence electrons. The monoisotopic (exact) mass is 553 g/mol. The van der Waals surface area contributed by atoms with Gasteiger partial charge in [-0.2, -0.15) is 0 Å². The molecular formula is C25H31N9O6. The van der Waals surface area contributed by atoms with Gasteiger partial charge in [0.15, 0.2) is 0 Å². The summed E-state index contributed by atoms with van der Waals surface area (Å²) in [6.07, 6.45) is 5.27. The van der Waals surface area contributed by atoms with Gasteiger partial charge in [0.25, 0.3) is 0 Å². The van der Waals surface area contributed by atoms with Crippen LogP contribution in [0.5, 0.6) is 0 Å². The summed E-state index contributed by atoms with van der Waals surface area (Å²) in [4.78, 5) is 75.8. The lowest BCUT2D eigenvalue weighted by atomic mass is 10.0. The number of rotatable bonds is 15. The molecule has 2 heterocycles. The van der Waals surface area contributed by atoms with Crippen molar-refractivity contribution in [2.45, 2.75) is 49.9 Å². The Morgan fingerprint density at radius 2 is 1.30 bits per heavy atom. The van der Waals surface area contributed by atoms with Gasteiger partial charge in [0.2, 0.25) is 23.6 Å². The number of aliphatic carboxylic acids is 1. The molecule has 4 unspecified atom stereocenters. The maximum atomic E-state index is 13.5. The third kappa shape index (κ3) is 9.05. The summed E-state index contributed by atoms with van der Waals surface area (Å²) in [5.74, 6) is -4.60. The number of H-pyrrole nitrogens is 2. The number of hydrogen-bond acceptors (Lipinski definition) is 8. The zero-order chi connectivity index (χ0) is 29.1. The van der Waals surface area contributed by atoms with Crippen molar-refractivity contribution < 1.29 is 29.1 Å². The van der Waals surface area contributed by atoms with Crippen LogP contribution < -0.4 is 27.4 Å². The second-order valence-corrected chi connectivity index (χ2v) is 9.05. The van der Waals surface area contributed by atoms with Crippen LogP contribution in [0.2, 0.25) is 0 Å². The number of aromatic amines is 2. The molecule has 0 aliphatic rings. The Morgan fingerprint density at radius 1 is 0.775 bits per heavy atom. The minimum absolute atomic E-state index is 0.0764. The normalized spacial score (nSPS) is 13.8. The lowest BCUT2D eigenvalue weighted by molar-refractivity contribution is -0.143. The summed E-state index contributed by atoms with van der Waals surface area (Å²) < 4.78 is 0. The number of nitrogens with zero attached hydrogens (tertiary/aromatic N) is 2. The third-order valence-electron chi connectivity index (χ3n) is 5.88. The maximum Gasteiger partial charge on any atom is 0.326 e. The van der Waals surface area contributed by atoms with Gasteiger partial charge in [-0.15, -0.1) is 0 Å². The number of nitrogens with two attached hydrogens (primary N) is 2. The number of hydrogen-bond donors (Lipinski definition) is 8. The van der Waals surface area contributed by atoms with Crippen LogP contribution >= 0.6 is 0 Å². The van der Waals surface area contributed by atoms with Gasteiger partial charge in [0.05, 0.1) is 25.1 Å². The van der Waals surface area contributed by atoms with Crippen molar-refractivity contribution in [2.75, 3.05) is 0 Å². The summed E-state index contributed by atoms with van der Waals surface area (Å²) in [5.41, 5.74) is 13.0. The van der Waals surface area contributed by atoms with Gasteiger partial charge in [-0.1, -0.05) is 30.3 Å². The molecule has 3 rings (SSSR count). The molecule has 4 amide bonds. The van der Waals surface area contributed by atoms with Crippen LogP contribution in [-0.2, 0) is 43.2 Å². The number of carbonyl (C=O) groups is 5. The number of nitrogens with one attached hydrogen (secondary N) is 5. The molecular weight excluding hydrogens is 522 g/mol. The molecule has 3 aromatic rings. The largest absolute Gasteiger partial charge is 0.480 e. The first-order valence-corrected chi connectivity index (χ1v) is 12.3. The van der Waals surface area contributed by atoms with E-state index in [2.05, 4.69) is 35.9 Å². The van der Waals surface area contributed by atoms with E-state index < -0.39 is 60.2 Å². The zero-order valence-corrected chi connectivity index (χ0v) is 21.4. The SMILES string of the molecule is NC(=O)CC(NC(=O)C(Cc1cnc[nH]1)NC(=O)C(Cc1ccccc1)NC(=O)C(N)Cc1cnc[nH]1)C(=O)O. The van der Waals surface area contributed by atoms with Gasteiger partial charge in [0, 0.05) is 43.0 Å². The van der Waals surface area contributed by atoms with E-state index in [-0.39, 0.29) is 19.3 Å². The third-order valence-corrected chi connectivity index (χ3v) is 5.88. The summed E-state index contributed by atoms with van der Waals surface area (Å²) in [6, 6.07) is 3.85. The molecule has 0 radical (unpaired) electrons. The van der Waals surface area contributed by atoms with Crippen molar-refractivity contribution in [3.8, 4) is 0 Å². The van der Waals surface area contributed by atoms with Crippen LogP contribution in [-0.4, -0.2) is 78.8 Å². The number of amides is 4. The van der Waals surface area contributed by atoms with Gasteiger partial charge in [-0.05, 0) is 5.56 Å². The van der Waals surface area contributed by atoms with Gasteiger partial charge in [0.1, 0.15) is 18.1 Å². The van der Waals surface area contributed by atoms with E-state index in [1.807, 2.05) is 0 Å². The highest BCUT2D eigenvalue weighted by Crippen LogP contribution is 2.07. The lowest BCUT2D eigenvalue weighted by Crippen LogP contribution is -2.58. The molecule has 0 saturated heterocycles. The van der Waals surface area contributed by atoms with Crippen LogP contribution in [0.1, 0.15) is 23.4 Å². The van der Waals surface area contributed by atoms with Crippen LogP contribution in [0.3, 0.4) is 0 Å². The van der Waals surface area contributed by atoms with Crippen molar-refractivity contribution in [2.24, 2.45) is 11.5 Å². The Hall–Kier alpha value is -5.05. The van der Waals surface area contributed by atoms with E-state index in [1.54, 1.807) is 30.3 Å². The molecule has 0 aliphatic heterocycles. The molecule has 2 aromatic heterocycles. The molecule has 0 spiro atoms. The number of primary amides is 1. The standard InChI is InChI=1S/C25H31N9O6/c26-17(7-15-10-28-12-30-15)22(36)32-18(6-14-4-2-1-3-5-14)23(37)33-19(8-16-11-29-13-31-16)24(38)34-20(25(39)40)9-21(27)35/h1-5,10-13,17-20H,6-9,26H2,(H2,27,35)(H,28,30)(H,29,31)(H,32,36)(H,33,37)(H,34,38)(H,39,40). The Bertz CT molecular complexity index is 1280. The van der Waals surface area contributed by atoms with Crippen LogP contribution in [0, 0.1) is 0 Å². The molecule has 10 N–H and O–H groups in total. The predicted molar refractivity (Wildman–Crippen MR) is 140 cm³/mol. The lowest BCUT2D eigenvalue weighted by Gasteiger charge is -2.25. The Labute approximate surface area is 228 Å². The van der Waals surface area contributed by atoms with Crippen molar-refractivity contribution in [3.05, 3.63) is 72.3 Å². The van der Waals surface area contributed by atoms with Crippen molar-refractivity contribution >= 4 is 29.6 Å². The first kappa shape index (κ1) is 29.5. The smallest absolute Gasteiger partial charge is 0.326 e. The first-order chi connectivity index (χ1) is 19.1. The number of carboxylic acid groups (broad SMARTS) is 1. The number of imidazole rings is 2. The van der Waals surface area contributed by atoms with Gasteiger partial charge >= 0.3 is 5.97 Å². The summed E-state index contributed by atoms with van der Waals surface area (Å²) >= 11 is 0. The minimum atomic E-state index is -1.61. The fraction of sp³-hybridized carbons (Fsp3) is 0.320. The highest BCUT2D eigenvalue weighted by Gasteiger charge is 2.31. The van der Waals surface area contributed by atoms with Crippen molar-refractivity contribution in [1.82, 2.24) is 35.9 Å². The van der Waals surface area contributed by atoms with E-state index in [0.29, 0.717) is 11.4 Å². The average molecular weight is 554 g/mol. The zero-order valence-electron chi connectivity index (χ0n) is 21.4. The van der Waals surface area contributed by atoms with E-state index in [1.165, 1.54) is 25.0 Å². The topological polar surface area (TPSA) is 251 Å². The summed E-state index contributed by atoms with van der Waals surface area (Å²) in [6.45, 7) is 0.